The minimum absolute atomic E-state index is 0.431. The fourth-order valence-corrected chi connectivity index (χ4v) is 0.365. The Labute approximate surface area is 40.5 Å². The molecule has 1 aromatic heterocycles. The van der Waals surface area contributed by atoms with Crippen molar-refractivity contribution in [2.45, 2.75) is 0 Å². The quantitative estimate of drug-likeness (QED) is 0.405. The largest absolute Gasteiger partial charge is 0.364 e. The summed E-state index contributed by atoms with van der Waals surface area (Å²) < 4.78 is 0. The standard InChI is InChI=1S/C4H5NO2/c6-7-4-1-2-5-3-4/h1-3,5-6H. The highest BCUT2D eigenvalue weighted by Crippen LogP contribution is 2.03. The second-order valence-corrected chi connectivity index (χ2v) is 1.14. The topological polar surface area (TPSA) is 45.2 Å². The molecule has 38 valence electrons. The van der Waals surface area contributed by atoms with Crippen molar-refractivity contribution >= 4 is 0 Å². The maximum atomic E-state index is 7.91. The molecule has 0 atom stereocenters. The normalized spacial score (nSPS) is 8.71. The molecule has 0 bridgehead atoms. The van der Waals surface area contributed by atoms with Crippen LogP contribution in [0.4, 0.5) is 0 Å². The molecule has 2 N–H and O–H groups in total. The van der Waals surface area contributed by atoms with Gasteiger partial charge in [-0.1, -0.05) is 0 Å². The van der Waals surface area contributed by atoms with Gasteiger partial charge >= 0.3 is 0 Å². The van der Waals surface area contributed by atoms with Crippen LogP contribution in [0.25, 0.3) is 0 Å². The van der Waals surface area contributed by atoms with Gasteiger partial charge in [0.15, 0.2) is 5.75 Å². The molecule has 0 spiro atoms. The van der Waals surface area contributed by atoms with Crippen LogP contribution in [0, 0.1) is 0 Å². The van der Waals surface area contributed by atoms with Crippen LogP contribution < -0.4 is 4.89 Å². The van der Waals surface area contributed by atoms with Crippen molar-refractivity contribution < 1.29 is 10.1 Å². The fraction of sp³-hybridized carbons (Fsp3) is 0. The molecule has 0 fully saturated rings. The average Bonchev–Trinajstić information content (AvgIpc) is 2.14. The van der Waals surface area contributed by atoms with Crippen molar-refractivity contribution in [1.82, 2.24) is 4.98 Å². The Morgan fingerprint density at radius 3 is 2.86 bits per heavy atom. The molecular formula is C4H5NO2. The van der Waals surface area contributed by atoms with Crippen molar-refractivity contribution in [2.24, 2.45) is 0 Å². The monoisotopic (exact) mass is 99.0 g/mol. The summed E-state index contributed by atoms with van der Waals surface area (Å²) in [5.41, 5.74) is 0. The van der Waals surface area contributed by atoms with Gasteiger partial charge in [-0.3, -0.25) is 0 Å². The SMILES string of the molecule is OOc1cc[nH]c1. The number of rotatable bonds is 1. The van der Waals surface area contributed by atoms with E-state index in [1.54, 1.807) is 18.5 Å². The third kappa shape index (κ3) is 0.721. The minimum atomic E-state index is 0.431. The van der Waals surface area contributed by atoms with E-state index in [1.165, 1.54) is 0 Å². The van der Waals surface area contributed by atoms with E-state index in [9.17, 15) is 0 Å². The summed E-state index contributed by atoms with van der Waals surface area (Å²) in [5.74, 6) is 0.431. The van der Waals surface area contributed by atoms with Crippen molar-refractivity contribution in [3.63, 3.8) is 0 Å². The molecule has 0 saturated heterocycles. The number of hydrogen-bond donors (Lipinski definition) is 2. The first-order chi connectivity index (χ1) is 3.43. The summed E-state index contributed by atoms with van der Waals surface area (Å²) in [6, 6.07) is 1.61. The van der Waals surface area contributed by atoms with Crippen LogP contribution in [0.15, 0.2) is 18.5 Å². The molecule has 7 heavy (non-hydrogen) atoms. The van der Waals surface area contributed by atoms with Gasteiger partial charge in [0.25, 0.3) is 0 Å². The van der Waals surface area contributed by atoms with Crippen molar-refractivity contribution in [3.05, 3.63) is 18.5 Å². The van der Waals surface area contributed by atoms with Gasteiger partial charge in [0.1, 0.15) is 0 Å². The van der Waals surface area contributed by atoms with Crippen molar-refractivity contribution in [2.75, 3.05) is 0 Å². The van der Waals surface area contributed by atoms with Crippen LogP contribution >= 0.6 is 0 Å². The Hall–Kier alpha value is -0.960. The summed E-state index contributed by atoms with van der Waals surface area (Å²) >= 11 is 0. The van der Waals surface area contributed by atoms with Crippen LogP contribution in [0.3, 0.4) is 0 Å². The smallest absolute Gasteiger partial charge is 0.182 e. The highest BCUT2D eigenvalue weighted by Gasteiger charge is 1.84. The maximum Gasteiger partial charge on any atom is 0.182 e. The van der Waals surface area contributed by atoms with Gasteiger partial charge in [-0.25, -0.2) is 5.26 Å². The highest BCUT2D eigenvalue weighted by atomic mass is 17.1. The highest BCUT2D eigenvalue weighted by molar-refractivity contribution is 5.14. The zero-order valence-corrected chi connectivity index (χ0v) is 3.59. The fourth-order valence-electron chi connectivity index (χ4n) is 0.365. The summed E-state index contributed by atoms with van der Waals surface area (Å²) in [6.45, 7) is 0. The third-order valence-electron chi connectivity index (χ3n) is 0.675. The van der Waals surface area contributed by atoms with Gasteiger partial charge in [-0.05, 0) is 0 Å². The Kier molecular flexibility index (Phi) is 0.997. The maximum absolute atomic E-state index is 7.91. The lowest BCUT2D eigenvalue weighted by atomic mass is 10.6. The molecule has 0 aromatic carbocycles. The van der Waals surface area contributed by atoms with Crippen LogP contribution in [0.5, 0.6) is 5.75 Å². The molecule has 1 aromatic rings. The summed E-state index contributed by atoms with van der Waals surface area (Å²) in [4.78, 5) is 6.52. The second kappa shape index (κ2) is 1.66. The van der Waals surface area contributed by atoms with Gasteiger partial charge in [-0.2, -0.15) is 0 Å². The minimum Gasteiger partial charge on any atom is -0.364 e. The first-order valence-electron chi connectivity index (χ1n) is 1.87. The number of aromatic amines is 1. The van der Waals surface area contributed by atoms with Gasteiger partial charge in [0.2, 0.25) is 0 Å². The molecule has 0 unspecified atom stereocenters. The number of aromatic nitrogens is 1. The lowest BCUT2D eigenvalue weighted by Gasteiger charge is -1.82. The average molecular weight is 99.1 g/mol. The molecule has 3 heteroatoms. The van der Waals surface area contributed by atoms with E-state index in [-0.39, 0.29) is 0 Å². The Bertz CT molecular complexity index is 124. The van der Waals surface area contributed by atoms with Gasteiger partial charge in [0, 0.05) is 18.5 Å². The Balaban J connectivity index is 2.76. The summed E-state index contributed by atoms with van der Waals surface area (Å²) in [7, 11) is 0. The zero-order chi connectivity index (χ0) is 5.11. The van der Waals surface area contributed by atoms with E-state index < -0.39 is 0 Å². The molecule has 1 heterocycles. The van der Waals surface area contributed by atoms with E-state index in [2.05, 4.69) is 9.87 Å². The predicted octanol–water partition coefficient (Wildman–Crippen LogP) is 0.866. The Morgan fingerprint density at radius 1 is 1.71 bits per heavy atom. The molecule has 0 saturated carbocycles. The third-order valence-corrected chi connectivity index (χ3v) is 0.675. The van der Waals surface area contributed by atoms with Gasteiger partial charge in [0.05, 0.1) is 0 Å². The molecule has 0 aliphatic rings. The molecular weight excluding hydrogens is 94.0 g/mol. The lowest BCUT2D eigenvalue weighted by molar-refractivity contribution is -0.137. The zero-order valence-electron chi connectivity index (χ0n) is 3.59. The van der Waals surface area contributed by atoms with Crippen molar-refractivity contribution in [3.8, 4) is 5.75 Å². The Morgan fingerprint density at radius 2 is 2.57 bits per heavy atom. The van der Waals surface area contributed by atoms with E-state index in [4.69, 9.17) is 5.26 Å². The molecule has 0 aliphatic carbocycles. The van der Waals surface area contributed by atoms with E-state index >= 15 is 0 Å². The van der Waals surface area contributed by atoms with Crippen LogP contribution in [-0.4, -0.2) is 10.2 Å². The first-order valence-corrected chi connectivity index (χ1v) is 1.87. The van der Waals surface area contributed by atoms with E-state index in [1.807, 2.05) is 0 Å². The van der Waals surface area contributed by atoms with Crippen LogP contribution in [-0.2, 0) is 0 Å². The molecule has 0 amide bonds. The molecule has 0 aliphatic heterocycles. The van der Waals surface area contributed by atoms with Gasteiger partial charge in [-0.15, -0.1) is 0 Å². The summed E-state index contributed by atoms with van der Waals surface area (Å²) in [5, 5.41) is 7.91. The predicted molar refractivity (Wildman–Crippen MR) is 24.0 cm³/mol. The first kappa shape index (κ1) is 4.21. The molecule has 3 nitrogen and oxygen atoms in total. The number of hydrogen-bond acceptors (Lipinski definition) is 2. The van der Waals surface area contributed by atoms with Gasteiger partial charge < -0.3 is 9.87 Å². The van der Waals surface area contributed by atoms with E-state index in [0.29, 0.717) is 5.75 Å². The lowest BCUT2D eigenvalue weighted by Crippen LogP contribution is -1.76. The number of nitrogens with one attached hydrogen (secondary N) is 1. The van der Waals surface area contributed by atoms with E-state index in [0.717, 1.165) is 0 Å². The number of H-pyrrole nitrogens is 1. The second-order valence-electron chi connectivity index (χ2n) is 1.14. The summed E-state index contributed by atoms with van der Waals surface area (Å²) in [6.07, 6.45) is 3.20. The van der Waals surface area contributed by atoms with Crippen molar-refractivity contribution in [1.29, 1.82) is 0 Å². The molecule has 1 rings (SSSR count). The van der Waals surface area contributed by atoms with Crippen LogP contribution in [0.1, 0.15) is 0 Å². The van der Waals surface area contributed by atoms with Crippen LogP contribution in [0.2, 0.25) is 0 Å². The molecule has 0 radical (unpaired) electrons.